The summed E-state index contributed by atoms with van der Waals surface area (Å²) in [4.78, 5) is 24.8. The molecule has 0 saturated carbocycles. The topological polar surface area (TPSA) is 37.4 Å². The molecule has 1 aliphatic heterocycles. The van der Waals surface area contributed by atoms with Crippen molar-refractivity contribution in [1.29, 1.82) is 0 Å². The SMILES string of the molecule is CCCC(CCC)N1C(=O)C=C(C)C1=O. The number of hydrogen-bond acceptors (Lipinski definition) is 2. The van der Waals surface area contributed by atoms with E-state index < -0.39 is 0 Å². The maximum Gasteiger partial charge on any atom is 0.256 e. The number of imide groups is 1. The average molecular weight is 209 g/mol. The predicted molar refractivity (Wildman–Crippen MR) is 59.2 cm³/mol. The maximum absolute atomic E-state index is 11.7. The lowest BCUT2D eigenvalue weighted by atomic mass is 10.1. The molecule has 84 valence electrons. The van der Waals surface area contributed by atoms with E-state index in [1.54, 1.807) is 6.92 Å². The first-order valence-electron chi connectivity index (χ1n) is 5.67. The van der Waals surface area contributed by atoms with Crippen molar-refractivity contribution >= 4 is 11.8 Å². The second-order valence-electron chi connectivity index (χ2n) is 4.07. The predicted octanol–water partition coefficient (Wildman–Crippen LogP) is 2.27. The third kappa shape index (κ3) is 2.46. The van der Waals surface area contributed by atoms with Crippen LogP contribution >= 0.6 is 0 Å². The molecule has 0 radical (unpaired) electrons. The Labute approximate surface area is 91.1 Å². The molecule has 0 unspecified atom stereocenters. The van der Waals surface area contributed by atoms with Gasteiger partial charge < -0.3 is 0 Å². The van der Waals surface area contributed by atoms with Crippen LogP contribution in [-0.4, -0.2) is 22.8 Å². The van der Waals surface area contributed by atoms with Gasteiger partial charge in [-0.3, -0.25) is 14.5 Å². The maximum atomic E-state index is 11.7. The molecule has 3 nitrogen and oxygen atoms in total. The van der Waals surface area contributed by atoms with Gasteiger partial charge in [0.2, 0.25) is 0 Å². The molecule has 0 aromatic rings. The summed E-state index contributed by atoms with van der Waals surface area (Å²) in [7, 11) is 0. The summed E-state index contributed by atoms with van der Waals surface area (Å²) in [6.07, 6.45) is 5.26. The summed E-state index contributed by atoms with van der Waals surface area (Å²) >= 11 is 0. The van der Waals surface area contributed by atoms with Crippen LogP contribution in [0.3, 0.4) is 0 Å². The molecule has 2 amide bonds. The zero-order valence-electron chi connectivity index (χ0n) is 9.75. The Hall–Kier alpha value is -1.12. The van der Waals surface area contributed by atoms with Crippen molar-refractivity contribution in [3.05, 3.63) is 11.6 Å². The van der Waals surface area contributed by atoms with Crippen LogP contribution in [0.15, 0.2) is 11.6 Å². The van der Waals surface area contributed by atoms with Crippen molar-refractivity contribution in [3.63, 3.8) is 0 Å². The van der Waals surface area contributed by atoms with Gasteiger partial charge in [0.1, 0.15) is 0 Å². The van der Waals surface area contributed by atoms with Crippen LogP contribution in [-0.2, 0) is 9.59 Å². The van der Waals surface area contributed by atoms with E-state index in [4.69, 9.17) is 0 Å². The van der Waals surface area contributed by atoms with Crippen molar-refractivity contribution in [2.45, 2.75) is 52.5 Å². The van der Waals surface area contributed by atoms with Crippen LogP contribution in [0.4, 0.5) is 0 Å². The van der Waals surface area contributed by atoms with E-state index >= 15 is 0 Å². The van der Waals surface area contributed by atoms with Gasteiger partial charge in [0.05, 0.1) is 0 Å². The molecule has 0 atom stereocenters. The highest BCUT2D eigenvalue weighted by Gasteiger charge is 2.33. The first kappa shape index (κ1) is 12.0. The van der Waals surface area contributed by atoms with Crippen molar-refractivity contribution in [3.8, 4) is 0 Å². The largest absolute Gasteiger partial charge is 0.272 e. The quantitative estimate of drug-likeness (QED) is 0.651. The van der Waals surface area contributed by atoms with Crippen molar-refractivity contribution < 1.29 is 9.59 Å². The molecule has 0 aromatic carbocycles. The zero-order valence-corrected chi connectivity index (χ0v) is 9.75. The fraction of sp³-hybridized carbons (Fsp3) is 0.667. The second-order valence-corrected chi connectivity index (χ2v) is 4.07. The van der Waals surface area contributed by atoms with Gasteiger partial charge in [-0.05, 0) is 19.8 Å². The number of rotatable bonds is 5. The van der Waals surface area contributed by atoms with Gasteiger partial charge in [0.25, 0.3) is 11.8 Å². The third-order valence-electron chi connectivity index (χ3n) is 2.74. The van der Waals surface area contributed by atoms with E-state index in [9.17, 15) is 9.59 Å². The highest BCUT2D eigenvalue weighted by molar-refractivity contribution is 6.16. The van der Waals surface area contributed by atoms with Gasteiger partial charge in [0.15, 0.2) is 0 Å². The smallest absolute Gasteiger partial charge is 0.256 e. The lowest BCUT2D eigenvalue weighted by Gasteiger charge is -2.25. The van der Waals surface area contributed by atoms with E-state index in [1.807, 2.05) is 0 Å². The Bertz CT molecular complexity index is 288. The first-order chi connectivity index (χ1) is 7.11. The number of carbonyl (C=O) groups is 2. The Kier molecular flexibility index (Phi) is 4.06. The van der Waals surface area contributed by atoms with Crippen LogP contribution in [0, 0.1) is 0 Å². The molecule has 1 rings (SSSR count). The Balaban J connectivity index is 2.76. The van der Waals surface area contributed by atoms with Gasteiger partial charge in [-0.25, -0.2) is 0 Å². The van der Waals surface area contributed by atoms with Crippen LogP contribution < -0.4 is 0 Å². The zero-order chi connectivity index (χ0) is 11.4. The van der Waals surface area contributed by atoms with Gasteiger partial charge in [-0.1, -0.05) is 26.7 Å². The molecule has 3 heteroatoms. The summed E-state index contributed by atoms with van der Waals surface area (Å²) in [5.41, 5.74) is 0.567. The summed E-state index contributed by atoms with van der Waals surface area (Å²) in [6.45, 7) is 5.86. The fourth-order valence-electron chi connectivity index (χ4n) is 2.02. The standard InChI is InChI=1S/C12H19NO2/c1-4-6-10(7-5-2)13-11(14)8-9(3)12(13)15/h8,10H,4-7H2,1-3H3. The number of carbonyl (C=O) groups excluding carboxylic acids is 2. The fourth-order valence-corrected chi connectivity index (χ4v) is 2.02. The summed E-state index contributed by atoms with van der Waals surface area (Å²) < 4.78 is 0. The molecule has 0 saturated heterocycles. The third-order valence-corrected chi connectivity index (χ3v) is 2.74. The van der Waals surface area contributed by atoms with Gasteiger partial charge in [0, 0.05) is 17.7 Å². The van der Waals surface area contributed by atoms with E-state index in [1.165, 1.54) is 11.0 Å². The molecule has 15 heavy (non-hydrogen) atoms. The first-order valence-corrected chi connectivity index (χ1v) is 5.67. The van der Waals surface area contributed by atoms with Crippen molar-refractivity contribution in [2.24, 2.45) is 0 Å². The molecule has 1 heterocycles. The van der Waals surface area contributed by atoms with Gasteiger partial charge in [-0.2, -0.15) is 0 Å². The number of amides is 2. The van der Waals surface area contributed by atoms with E-state index in [2.05, 4.69) is 13.8 Å². The lowest BCUT2D eigenvalue weighted by Crippen LogP contribution is -2.40. The monoisotopic (exact) mass is 209 g/mol. The molecule has 0 N–H and O–H groups in total. The highest BCUT2D eigenvalue weighted by atomic mass is 16.2. The summed E-state index contributed by atoms with van der Waals surface area (Å²) in [5.74, 6) is -0.240. The molecule has 0 bridgehead atoms. The Morgan fingerprint density at radius 2 is 1.73 bits per heavy atom. The van der Waals surface area contributed by atoms with Crippen LogP contribution in [0.25, 0.3) is 0 Å². The molecular weight excluding hydrogens is 190 g/mol. The summed E-state index contributed by atoms with van der Waals surface area (Å²) in [6, 6.07) is 0.0914. The number of nitrogens with zero attached hydrogens (tertiary/aromatic N) is 1. The minimum Gasteiger partial charge on any atom is -0.272 e. The molecule has 0 aromatic heterocycles. The van der Waals surface area contributed by atoms with Crippen molar-refractivity contribution in [1.82, 2.24) is 4.90 Å². The molecule has 0 spiro atoms. The van der Waals surface area contributed by atoms with Crippen LogP contribution in [0.2, 0.25) is 0 Å². The van der Waals surface area contributed by atoms with E-state index in [-0.39, 0.29) is 17.9 Å². The van der Waals surface area contributed by atoms with Crippen molar-refractivity contribution in [2.75, 3.05) is 0 Å². The lowest BCUT2D eigenvalue weighted by molar-refractivity contribution is -0.140. The average Bonchev–Trinajstić information content (AvgIpc) is 2.41. The molecule has 1 aliphatic rings. The van der Waals surface area contributed by atoms with Gasteiger partial charge in [-0.15, -0.1) is 0 Å². The second kappa shape index (κ2) is 5.10. The number of hydrogen-bond donors (Lipinski definition) is 0. The molecule has 0 aliphatic carbocycles. The normalized spacial score (nSPS) is 16.5. The molecule has 0 fully saturated rings. The van der Waals surface area contributed by atoms with E-state index in [0.717, 1.165) is 25.7 Å². The minimum atomic E-state index is -0.135. The Morgan fingerprint density at radius 1 is 1.20 bits per heavy atom. The highest BCUT2D eigenvalue weighted by Crippen LogP contribution is 2.21. The Morgan fingerprint density at radius 3 is 2.07 bits per heavy atom. The van der Waals surface area contributed by atoms with E-state index in [0.29, 0.717) is 5.57 Å². The van der Waals surface area contributed by atoms with Gasteiger partial charge >= 0.3 is 0 Å². The van der Waals surface area contributed by atoms with Crippen LogP contribution in [0.5, 0.6) is 0 Å². The minimum absolute atomic E-state index is 0.0914. The van der Waals surface area contributed by atoms with Crippen LogP contribution in [0.1, 0.15) is 46.5 Å². The molecular formula is C12H19NO2. The summed E-state index contributed by atoms with van der Waals surface area (Å²) in [5, 5.41) is 0.